The number of furan rings is 1. The molecule has 0 fully saturated rings. The van der Waals surface area contributed by atoms with Crippen LogP contribution in [-0.2, 0) is 17.8 Å². The van der Waals surface area contributed by atoms with Crippen LogP contribution >= 0.6 is 11.3 Å². The predicted molar refractivity (Wildman–Crippen MR) is 104 cm³/mol. The van der Waals surface area contributed by atoms with Gasteiger partial charge >= 0.3 is 0 Å². The fourth-order valence-corrected chi connectivity index (χ4v) is 4.19. The average Bonchev–Trinajstić information content (AvgIpc) is 3.33. The molecule has 0 radical (unpaired) electrons. The van der Waals surface area contributed by atoms with Gasteiger partial charge in [-0.25, -0.2) is 4.68 Å². The molecule has 8 heteroatoms. The van der Waals surface area contributed by atoms with E-state index in [9.17, 15) is 9.59 Å². The Kier molecular flexibility index (Phi) is 4.57. The van der Waals surface area contributed by atoms with E-state index in [1.165, 1.54) is 4.68 Å². The Hall–Kier alpha value is -2.87. The van der Waals surface area contributed by atoms with Crippen molar-refractivity contribution in [3.05, 3.63) is 57.8 Å². The summed E-state index contributed by atoms with van der Waals surface area (Å²) in [6.07, 6.45) is 3.15. The molecule has 4 aromatic heterocycles. The molecule has 4 aromatic rings. The molecule has 27 heavy (non-hydrogen) atoms. The van der Waals surface area contributed by atoms with Crippen molar-refractivity contribution >= 4 is 33.0 Å². The van der Waals surface area contributed by atoms with Gasteiger partial charge in [0.15, 0.2) is 0 Å². The first-order valence-corrected chi connectivity index (χ1v) is 9.69. The smallest absolute Gasteiger partial charge is 0.291 e. The Morgan fingerprint density at radius 1 is 1.41 bits per heavy atom. The van der Waals surface area contributed by atoms with Crippen molar-refractivity contribution in [2.24, 2.45) is 0 Å². The van der Waals surface area contributed by atoms with Crippen LogP contribution in [0.15, 0.2) is 45.1 Å². The van der Waals surface area contributed by atoms with Crippen molar-refractivity contribution in [1.82, 2.24) is 19.5 Å². The fraction of sp³-hybridized carbons (Fsp3) is 0.316. The van der Waals surface area contributed by atoms with Gasteiger partial charge in [-0.3, -0.25) is 14.0 Å². The number of nitrogens with zero attached hydrogens (tertiary/aromatic N) is 3. The Morgan fingerprint density at radius 3 is 3.04 bits per heavy atom. The number of thiophene rings is 1. The zero-order chi connectivity index (χ0) is 19.0. The minimum Gasteiger partial charge on any atom is -0.469 e. The van der Waals surface area contributed by atoms with Crippen LogP contribution in [0.1, 0.15) is 24.9 Å². The second-order valence-corrected chi connectivity index (χ2v) is 7.54. The average molecular weight is 384 g/mol. The van der Waals surface area contributed by atoms with Crippen molar-refractivity contribution in [3.8, 4) is 0 Å². The van der Waals surface area contributed by atoms with Gasteiger partial charge in [-0.15, -0.1) is 11.3 Å². The number of aromatic nitrogens is 3. The quantitative estimate of drug-likeness (QED) is 0.554. The van der Waals surface area contributed by atoms with E-state index in [0.29, 0.717) is 11.3 Å². The maximum absolute atomic E-state index is 12.7. The predicted octanol–water partition coefficient (Wildman–Crippen LogP) is 2.75. The van der Waals surface area contributed by atoms with Crippen LogP contribution in [0.25, 0.3) is 15.7 Å². The van der Waals surface area contributed by atoms with Gasteiger partial charge in [0.05, 0.1) is 6.26 Å². The summed E-state index contributed by atoms with van der Waals surface area (Å²) in [6, 6.07) is 7.56. The Bertz CT molecular complexity index is 1150. The van der Waals surface area contributed by atoms with E-state index in [2.05, 4.69) is 10.4 Å². The summed E-state index contributed by atoms with van der Waals surface area (Å²) in [7, 11) is 0. The van der Waals surface area contributed by atoms with E-state index >= 15 is 0 Å². The molecular weight excluding hydrogens is 364 g/mol. The molecule has 4 heterocycles. The first kappa shape index (κ1) is 17.5. The van der Waals surface area contributed by atoms with Crippen molar-refractivity contribution in [1.29, 1.82) is 0 Å². The van der Waals surface area contributed by atoms with Gasteiger partial charge in [-0.1, -0.05) is 0 Å². The summed E-state index contributed by atoms with van der Waals surface area (Å²) < 4.78 is 8.39. The van der Waals surface area contributed by atoms with Gasteiger partial charge in [-0.05, 0) is 49.9 Å². The number of nitrogens with one attached hydrogen (secondary N) is 1. The second kappa shape index (κ2) is 7.03. The number of amides is 1. The third kappa shape index (κ3) is 3.40. The molecule has 0 aliphatic carbocycles. The molecule has 0 bridgehead atoms. The van der Waals surface area contributed by atoms with E-state index in [1.54, 1.807) is 17.6 Å². The standard InChI is InChI=1S/C19H20N4O3S/c1-12(5-6-15-4-3-8-26-15)20-17(24)11-22-18(25)16-10-14-7-9-27-19(14)23(16)13(2)21-22/h3-4,7-10,12H,5-6,11H2,1-2H3,(H,20,24). The molecule has 140 valence electrons. The monoisotopic (exact) mass is 384 g/mol. The first-order valence-electron chi connectivity index (χ1n) is 8.81. The SMILES string of the molecule is Cc1nn(CC(=O)NC(C)CCc2ccco2)c(=O)c2cc3ccsc3n12. The van der Waals surface area contributed by atoms with E-state index in [-0.39, 0.29) is 24.1 Å². The molecule has 1 unspecified atom stereocenters. The van der Waals surface area contributed by atoms with Crippen LogP contribution in [0.3, 0.4) is 0 Å². The Morgan fingerprint density at radius 2 is 2.26 bits per heavy atom. The van der Waals surface area contributed by atoms with Gasteiger partial charge < -0.3 is 9.73 Å². The lowest BCUT2D eigenvalue weighted by atomic mass is 10.1. The van der Waals surface area contributed by atoms with Gasteiger partial charge in [0.25, 0.3) is 5.56 Å². The molecular formula is C19H20N4O3S. The molecule has 0 aliphatic heterocycles. The van der Waals surface area contributed by atoms with E-state index in [4.69, 9.17) is 4.42 Å². The van der Waals surface area contributed by atoms with Gasteiger partial charge in [0, 0.05) is 17.8 Å². The number of fused-ring (bicyclic) bond motifs is 3. The number of aryl methyl sites for hydroxylation is 2. The van der Waals surface area contributed by atoms with E-state index < -0.39 is 0 Å². The van der Waals surface area contributed by atoms with Gasteiger partial charge in [0.2, 0.25) is 5.91 Å². The molecule has 0 aromatic carbocycles. The summed E-state index contributed by atoms with van der Waals surface area (Å²) in [5, 5.41) is 10.3. The molecule has 7 nitrogen and oxygen atoms in total. The molecule has 0 aliphatic rings. The molecule has 0 spiro atoms. The highest BCUT2D eigenvalue weighted by Crippen LogP contribution is 2.24. The summed E-state index contributed by atoms with van der Waals surface area (Å²) in [5.41, 5.74) is 0.283. The van der Waals surface area contributed by atoms with Gasteiger partial charge in [-0.2, -0.15) is 5.10 Å². The number of carbonyl (C=O) groups is 1. The summed E-state index contributed by atoms with van der Waals surface area (Å²) >= 11 is 1.57. The number of hydrogen-bond donors (Lipinski definition) is 1. The van der Waals surface area contributed by atoms with Crippen LogP contribution < -0.4 is 10.9 Å². The summed E-state index contributed by atoms with van der Waals surface area (Å²) in [4.78, 5) is 26.1. The molecule has 0 saturated heterocycles. The Balaban J connectivity index is 1.48. The minimum absolute atomic E-state index is 0.0261. The highest BCUT2D eigenvalue weighted by Gasteiger charge is 2.15. The molecule has 0 saturated carbocycles. The van der Waals surface area contributed by atoms with Crippen molar-refractivity contribution in [2.75, 3.05) is 0 Å². The highest BCUT2D eigenvalue weighted by atomic mass is 32.1. The third-order valence-electron chi connectivity index (χ3n) is 4.56. The molecule has 1 amide bonds. The fourth-order valence-electron chi connectivity index (χ4n) is 3.25. The highest BCUT2D eigenvalue weighted by molar-refractivity contribution is 7.16. The largest absolute Gasteiger partial charge is 0.469 e. The molecule has 1 N–H and O–H groups in total. The summed E-state index contributed by atoms with van der Waals surface area (Å²) in [5.74, 6) is 1.35. The number of rotatable bonds is 6. The first-order chi connectivity index (χ1) is 13.0. The maximum atomic E-state index is 12.7. The van der Waals surface area contributed by atoms with Crippen LogP contribution in [0.5, 0.6) is 0 Å². The topological polar surface area (TPSA) is 81.5 Å². The lowest BCUT2D eigenvalue weighted by Crippen LogP contribution is -2.39. The van der Waals surface area contributed by atoms with Gasteiger partial charge in [0.1, 0.15) is 28.5 Å². The zero-order valence-corrected chi connectivity index (χ0v) is 16.0. The maximum Gasteiger partial charge on any atom is 0.291 e. The van der Waals surface area contributed by atoms with Crippen LogP contribution in [0.2, 0.25) is 0 Å². The van der Waals surface area contributed by atoms with Crippen molar-refractivity contribution in [2.45, 2.75) is 39.3 Å². The van der Waals surface area contributed by atoms with E-state index in [0.717, 1.165) is 28.8 Å². The number of carbonyl (C=O) groups excluding carboxylic acids is 1. The summed E-state index contributed by atoms with van der Waals surface area (Å²) in [6.45, 7) is 3.68. The molecule has 4 rings (SSSR count). The van der Waals surface area contributed by atoms with E-state index in [1.807, 2.05) is 47.9 Å². The van der Waals surface area contributed by atoms with Crippen molar-refractivity contribution < 1.29 is 9.21 Å². The normalized spacial score (nSPS) is 12.7. The zero-order valence-electron chi connectivity index (χ0n) is 15.1. The second-order valence-electron chi connectivity index (χ2n) is 6.64. The number of hydrogen-bond acceptors (Lipinski definition) is 5. The van der Waals surface area contributed by atoms with Crippen LogP contribution in [0, 0.1) is 6.92 Å². The lowest BCUT2D eigenvalue weighted by molar-refractivity contribution is -0.122. The van der Waals surface area contributed by atoms with Crippen molar-refractivity contribution in [3.63, 3.8) is 0 Å². The molecule has 1 atom stereocenters. The van der Waals surface area contributed by atoms with Crippen LogP contribution in [0.4, 0.5) is 0 Å². The lowest BCUT2D eigenvalue weighted by Gasteiger charge is -2.14. The van der Waals surface area contributed by atoms with Crippen LogP contribution in [-0.4, -0.2) is 26.1 Å². The third-order valence-corrected chi connectivity index (χ3v) is 5.47. The minimum atomic E-state index is -0.262. The Labute approximate surface area is 159 Å².